The van der Waals surface area contributed by atoms with Crippen molar-refractivity contribution in [2.45, 2.75) is 13.3 Å². The minimum atomic E-state index is 0.0590. The number of nitrogens with two attached hydrogens (primary N) is 1. The first-order chi connectivity index (χ1) is 10.0. The topological polar surface area (TPSA) is 62.5 Å². The Morgan fingerprint density at radius 1 is 1.29 bits per heavy atom. The van der Waals surface area contributed by atoms with Gasteiger partial charge < -0.3 is 15.5 Å². The van der Waals surface area contributed by atoms with E-state index in [4.69, 9.17) is 5.73 Å². The number of pyridine rings is 1. The third-order valence-electron chi connectivity index (χ3n) is 3.41. The molecule has 21 heavy (non-hydrogen) atoms. The number of rotatable bonds is 5. The van der Waals surface area contributed by atoms with E-state index >= 15 is 0 Å². The van der Waals surface area contributed by atoms with E-state index < -0.39 is 0 Å². The zero-order valence-corrected chi connectivity index (χ0v) is 12.8. The van der Waals surface area contributed by atoms with Gasteiger partial charge in [-0.1, -0.05) is 25.1 Å². The van der Waals surface area contributed by atoms with E-state index in [1.54, 1.807) is 25.2 Å². The molecule has 0 saturated carbocycles. The molecule has 2 rings (SSSR count). The number of fused-ring (bicyclic) bond motifs is 1. The number of nitrogen functional groups attached to an aromatic ring is 1. The largest absolute Gasteiger partial charge is 0.396 e. The molecule has 1 heterocycles. The highest BCUT2D eigenvalue weighted by Gasteiger charge is 2.17. The zero-order valence-electron chi connectivity index (χ0n) is 12.8. The summed E-state index contributed by atoms with van der Waals surface area (Å²) in [7, 11) is 3.53. The van der Waals surface area contributed by atoms with Crippen LogP contribution in [0.2, 0.25) is 0 Å². The molecule has 0 aliphatic rings. The fourth-order valence-corrected chi connectivity index (χ4v) is 2.34. The number of anilines is 2. The van der Waals surface area contributed by atoms with Crippen LogP contribution in [-0.2, 0) is 4.79 Å². The number of hydrogen-bond acceptors (Lipinski definition) is 4. The minimum absolute atomic E-state index is 0.0590. The van der Waals surface area contributed by atoms with Gasteiger partial charge in [0, 0.05) is 26.0 Å². The normalized spacial score (nSPS) is 10.6. The van der Waals surface area contributed by atoms with Gasteiger partial charge in [-0.25, -0.2) is 0 Å². The van der Waals surface area contributed by atoms with Gasteiger partial charge in [-0.15, -0.1) is 0 Å². The predicted molar refractivity (Wildman–Crippen MR) is 87.4 cm³/mol. The van der Waals surface area contributed by atoms with E-state index in [1.165, 1.54) is 0 Å². The van der Waals surface area contributed by atoms with Crippen LogP contribution in [-0.4, -0.2) is 43.0 Å². The number of aromatic nitrogens is 1. The lowest BCUT2D eigenvalue weighted by molar-refractivity contribution is -0.127. The van der Waals surface area contributed by atoms with Crippen molar-refractivity contribution in [1.82, 2.24) is 9.88 Å². The SMILES string of the molecule is CCCN(CC(=O)N(C)C)c1c(N)cnc2ccccc12. The molecule has 0 atom stereocenters. The number of benzene rings is 1. The number of hydrogen-bond donors (Lipinski definition) is 1. The van der Waals surface area contributed by atoms with Crippen LogP contribution in [0.25, 0.3) is 10.9 Å². The molecule has 0 aliphatic heterocycles. The molecule has 0 saturated heterocycles. The quantitative estimate of drug-likeness (QED) is 0.914. The van der Waals surface area contributed by atoms with Gasteiger partial charge in [0.15, 0.2) is 0 Å². The molecular formula is C16H22N4O. The summed E-state index contributed by atoms with van der Waals surface area (Å²) in [5.74, 6) is 0.0590. The second-order valence-electron chi connectivity index (χ2n) is 5.29. The van der Waals surface area contributed by atoms with Crippen LogP contribution in [0.3, 0.4) is 0 Å². The molecule has 2 aromatic rings. The second kappa shape index (κ2) is 6.43. The van der Waals surface area contributed by atoms with E-state index in [1.807, 2.05) is 29.2 Å². The maximum absolute atomic E-state index is 12.1. The molecule has 5 nitrogen and oxygen atoms in total. The van der Waals surface area contributed by atoms with Crippen LogP contribution in [0.5, 0.6) is 0 Å². The molecular weight excluding hydrogens is 264 g/mol. The third-order valence-corrected chi connectivity index (χ3v) is 3.41. The molecule has 0 unspecified atom stereocenters. The van der Waals surface area contributed by atoms with Crippen molar-refractivity contribution in [2.24, 2.45) is 0 Å². The van der Waals surface area contributed by atoms with Crippen molar-refractivity contribution in [3.63, 3.8) is 0 Å². The molecule has 0 bridgehead atoms. The van der Waals surface area contributed by atoms with Gasteiger partial charge in [-0.2, -0.15) is 0 Å². The van der Waals surface area contributed by atoms with Crippen LogP contribution >= 0.6 is 0 Å². The van der Waals surface area contributed by atoms with E-state index in [0.29, 0.717) is 12.2 Å². The Kier molecular flexibility index (Phi) is 4.62. The Morgan fingerprint density at radius 3 is 2.67 bits per heavy atom. The van der Waals surface area contributed by atoms with Crippen molar-refractivity contribution in [3.05, 3.63) is 30.5 Å². The van der Waals surface area contributed by atoms with Crippen LogP contribution in [0.4, 0.5) is 11.4 Å². The summed E-state index contributed by atoms with van der Waals surface area (Å²) < 4.78 is 0. The minimum Gasteiger partial charge on any atom is -0.396 e. The first-order valence-electron chi connectivity index (χ1n) is 7.13. The highest BCUT2D eigenvalue weighted by atomic mass is 16.2. The summed E-state index contributed by atoms with van der Waals surface area (Å²) in [6.07, 6.45) is 2.61. The molecule has 0 fully saturated rings. The Morgan fingerprint density at radius 2 is 2.00 bits per heavy atom. The van der Waals surface area contributed by atoms with Crippen molar-refractivity contribution < 1.29 is 4.79 Å². The summed E-state index contributed by atoms with van der Waals surface area (Å²) in [5, 5.41) is 0.984. The smallest absolute Gasteiger partial charge is 0.241 e. The lowest BCUT2D eigenvalue weighted by atomic mass is 10.1. The summed E-state index contributed by atoms with van der Waals surface area (Å²) >= 11 is 0. The van der Waals surface area contributed by atoms with Gasteiger partial charge in [0.1, 0.15) is 0 Å². The Labute approximate surface area is 125 Å². The number of carbonyl (C=O) groups excluding carboxylic acids is 1. The van der Waals surface area contributed by atoms with Gasteiger partial charge in [-0.3, -0.25) is 9.78 Å². The van der Waals surface area contributed by atoms with Crippen LogP contribution < -0.4 is 10.6 Å². The number of amides is 1. The lowest BCUT2D eigenvalue weighted by Gasteiger charge is -2.27. The third kappa shape index (κ3) is 3.24. The maximum Gasteiger partial charge on any atom is 0.241 e. The van der Waals surface area contributed by atoms with Crippen LogP contribution in [0.15, 0.2) is 30.5 Å². The Balaban J connectivity index is 2.49. The van der Waals surface area contributed by atoms with E-state index in [9.17, 15) is 4.79 Å². The number of para-hydroxylation sites is 1. The Bertz CT molecular complexity index is 639. The molecule has 5 heteroatoms. The predicted octanol–water partition coefficient (Wildman–Crippen LogP) is 2.12. The fourth-order valence-electron chi connectivity index (χ4n) is 2.34. The van der Waals surface area contributed by atoms with Crippen molar-refractivity contribution in [2.75, 3.05) is 37.8 Å². The molecule has 112 valence electrons. The first-order valence-corrected chi connectivity index (χ1v) is 7.13. The maximum atomic E-state index is 12.1. The number of nitrogens with zero attached hydrogens (tertiary/aromatic N) is 3. The van der Waals surface area contributed by atoms with E-state index in [0.717, 1.165) is 29.6 Å². The lowest BCUT2D eigenvalue weighted by Crippen LogP contribution is -2.37. The molecule has 1 amide bonds. The average molecular weight is 286 g/mol. The van der Waals surface area contributed by atoms with E-state index in [2.05, 4.69) is 11.9 Å². The standard InChI is InChI=1S/C16H22N4O/c1-4-9-20(11-15(21)19(2)3)16-12-7-5-6-8-14(12)18-10-13(16)17/h5-8,10H,4,9,11,17H2,1-3H3. The van der Waals surface area contributed by atoms with Gasteiger partial charge in [0.2, 0.25) is 5.91 Å². The van der Waals surface area contributed by atoms with Crippen molar-refractivity contribution in [3.8, 4) is 0 Å². The molecule has 1 aromatic heterocycles. The molecule has 1 aromatic carbocycles. The summed E-state index contributed by atoms with van der Waals surface area (Å²) in [5.41, 5.74) is 8.54. The van der Waals surface area contributed by atoms with Gasteiger partial charge in [-0.05, 0) is 12.5 Å². The van der Waals surface area contributed by atoms with Gasteiger partial charge in [0.25, 0.3) is 0 Å². The highest BCUT2D eigenvalue weighted by molar-refractivity contribution is 5.98. The van der Waals surface area contributed by atoms with Gasteiger partial charge >= 0.3 is 0 Å². The average Bonchev–Trinajstić information content (AvgIpc) is 2.46. The van der Waals surface area contributed by atoms with Gasteiger partial charge in [0.05, 0.1) is 29.6 Å². The van der Waals surface area contributed by atoms with Crippen molar-refractivity contribution in [1.29, 1.82) is 0 Å². The summed E-state index contributed by atoms with van der Waals surface area (Å²) in [6.45, 7) is 3.18. The Hall–Kier alpha value is -2.30. The molecule has 0 spiro atoms. The summed E-state index contributed by atoms with van der Waals surface area (Å²) in [6, 6.07) is 7.86. The molecule has 0 aliphatic carbocycles. The van der Waals surface area contributed by atoms with E-state index in [-0.39, 0.29) is 5.91 Å². The number of carbonyl (C=O) groups is 1. The second-order valence-corrected chi connectivity index (χ2v) is 5.29. The number of likely N-dealkylation sites (N-methyl/N-ethyl adjacent to an activating group) is 1. The molecule has 2 N–H and O–H groups in total. The zero-order chi connectivity index (χ0) is 15.4. The van der Waals surface area contributed by atoms with Crippen molar-refractivity contribution >= 4 is 28.2 Å². The van der Waals surface area contributed by atoms with Crippen LogP contribution in [0.1, 0.15) is 13.3 Å². The van der Waals surface area contributed by atoms with Crippen LogP contribution in [0, 0.1) is 0 Å². The first kappa shape index (κ1) is 15.1. The monoisotopic (exact) mass is 286 g/mol. The molecule has 0 radical (unpaired) electrons. The fraction of sp³-hybridized carbons (Fsp3) is 0.375. The summed E-state index contributed by atoms with van der Waals surface area (Å²) in [4.78, 5) is 20.1. The highest BCUT2D eigenvalue weighted by Crippen LogP contribution is 2.31.